The molecule has 4 rings (SSSR count). The van der Waals surface area contributed by atoms with E-state index >= 15 is 0 Å². The van der Waals surface area contributed by atoms with Gasteiger partial charge in [-0.2, -0.15) is 5.26 Å². The molecule has 1 aliphatic heterocycles. The Bertz CT molecular complexity index is 1550. The molecule has 0 amide bonds. The van der Waals surface area contributed by atoms with Gasteiger partial charge in [-0.3, -0.25) is 0 Å². The van der Waals surface area contributed by atoms with Crippen LogP contribution in [-0.4, -0.2) is 87.4 Å². The van der Waals surface area contributed by atoms with Crippen LogP contribution in [0.1, 0.15) is 45.4 Å². The zero-order chi connectivity index (χ0) is 32.2. The Morgan fingerprint density at radius 3 is 2.61 bits per heavy atom. The molecule has 1 saturated heterocycles. The SMILES string of the molecule is CO[C@@H]1CC(O)[C@H](O)C(Cn2cc(C(C)(C)OCC(C)(C)NS(=O)/C(C#N)=C/c3ccc4cc(N(C)C)ccc4c3)nn2)O1. The number of hydrogen-bond acceptors (Lipinski definition) is 10. The van der Waals surface area contributed by atoms with Crippen molar-refractivity contribution in [3.63, 3.8) is 0 Å². The third kappa shape index (κ3) is 8.28. The van der Waals surface area contributed by atoms with Crippen LogP contribution in [0.15, 0.2) is 47.5 Å². The Hall–Kier alpha value is -3.22. The summed E-state index contributed by atoms with van der Waals surface area (Å²) in [5.41, 5.74) is 0.765. The maximum atomic E-state index is 13.2. The number of aromatic nitrogens is 3. The van der Waals surface area contributed by atoms with Crippen LogP contribution >= 0.6 is 0 Å². The number of hydrogen-bond donors (Lipinski definition) is 3. The topological polar surface area (TPSA) is 155 Å². The van der Waals surface area contributed by atoms with Gasteiger partial charge in [0.15, 0.2) is 6.29 Å². The van der Waals surface area contributed by atoms with E-state index in [-0.39, 0.29) is 24.5 Å². The molecule has 0 radical (unpaired) electrons. The van der Waals surface area contributed by atoms with Crippen molar-refractivity contribution in [1.82, 2.24) is 19.7 Å². The summed E-state index contributed by atoms with van der Waals surface area (Å²) in [5.74, 6) is 0. The van der Waals surface area contributed by atoms with Crippen molar-refractivity contribution >= 4 is 33.5 Å². The van der Waals surface area contributed by atoms with Crippen molar-refractivity contribution < 1.29 is 28.6 Å². The fourth-order valence-electron chi connectivity index (χ4n) is 4.73. The molecule has 238 valence electrons. The standard InChI is InChI=1S/C31H42N6O6S/c1-30(2,34-44(40)24(16-32)13-20-8-9-22-14-23(36(5)6)11-10-21(22)12-20)19-42-31(3,4)27-18-37(35-33-27)17-26-29(39)25(38)15-28(41-7)43-26/h8-14,18,25-26,28-29,34,38-39H,15,17,19H2,1-7H3/b24-13+/t25?,26?,28-,29-,44?/m0/s1. The van der Waals surface area contributed by atoms with Gasteiger partial charge in [-0.15, -0.1) is 5.10 Å². The van der Waals surface area contributed by atoms with Gasteiger partial charge in [-0.25, -0.2) is 13.6 Å². The molecule has 2 heterocycles. The first kappa shape index (κ1) is 33.7. The van der Waals surface area contributed by atoms with Crippen LogP contribution in [0, 0.1) is 11.3 Å². The number of allylic oxidation sites excluding steroid dienone is 1. The Balaban J connectivity index is 1.37. The molecule has 1 fully saturated rings. The number of nitrogens with zero attached hydrogens (tertiary/aromatic N) is 5. The molecule has 12 nitrogen and oxygen atoms in total. The lowest BCUT2D eigenvalue weighted by Crippen LogP contribution is -2.50. The van der Waals surface area contributed by atoms with E-state index in [4.69, 9.17) is 14.2 Å². The maximum Gasteiger partial charge on any atom is 0.160 e. The number of rotatable bonds is 12. The molecule has 0 spiro atoms. The van der Waals surface area contributed by atoms with Crippen LogP contribution in [-0.2, 0) is 37.3 Å². The summed E-state index contributed by atoms with van der Waals surface area (Å²) >= 11 is 0. The fourth-order valence-corrected chi connectivity index (χ4v) is 5.73. The maximum absolute atomic E-state index is 13.2. The van der Waals surface area contributed by atoms with Gasteiger partial charge in [0.2, 0.25) is 0 Å². The van der Waals surface area contributed by atoms with Gasteiger partial charge in [0, 0.05) is 38.9 Å². The number of aliphatic hydroxyl groups excluding tert-OH is 2. The number of methoxy groups -OCH3 is 1. The second-order valence-corrected chi connectivity index (χ2v) is 13.5. The average Bonchev–Trinajstić information content (AvgIpc) is 3.46. The molecule has 2 aromatic carbocycles. The number of nitrogens with one attached hydrogen (secondary N) is 1. The Labute approximate surface area is 260 Å². The molecule has 13 heteroatoms. The quantitative estimate of drug-likeness (QED) is 0.256. The van der Waals surface area contributed by atoms with E-state index in [0.29, 0.717) is 5.69 Å². The first-order valence-corrected chi connectivity index (χ1v) is 15.5. The molecule has 0 aliphatic carbocycles. The summed E-state index contributed by atoms with van der Waals surface area (Å²) in [6.07, 6.45) is 0.0919. The molecule has 0 saturated carbocycles. The molecule has 3 N–H and O–H groups in total. The third-order valence-electron chi connectivity index (χ3n) is 7.46. The zero-order valence-corrected chi connectivity index (χ0v) is 27.0. The van der Waals surface area contributed by atoms with Crippen LogP contribution in [0.4, 0.5) is 5.69 Å². The summed E-state index contributed by atoms with van der Waals surface area (Å²) in [7, 11) is 3.67. The number of anilines is 1. The van der Waals surface area contributed by atoms with Crippen molar-refractivity contribution in [2.24, 2.45) is 0 Å². The third-order valence-corrected chi connectivity index (χ3v) is 8.80. The van der Waals surface area contributed by atoms with Gasteiger partial charge in [-0.05, 0) is 68.3 Å². The lowest BCUT2D eigenvalue weighted by Gasteiger charge is -2.36. The summed E-state index contributed by atoms with van der Waals surface area (Å²) < 4.78 is 34.9. The highest BCUT2D eigenvalue weighted by Gasteiger charge is 2.38. The minimum absolute atomic E-state index is 0.0949. The van der Waals surface area contributed by atoms with Crippen LogP contribution in [0.5, 0.6) is 0 Å². The summed E-state index contributed by atoms with van der Waals surface area (Å²) in [6.45, 7) is 7.66. The van der Waals surface area contributed by atoms with E-state index < -0.39 is 46.7 Å². The summed E-state index contributed by atoms with van der Waals surface area (Å²) in [6, 6.07) is 14.1. The largest absolute Gasteiger partial charge is 0.390 e. The van der Waals surface area contributed by atoms with E-state index in [1.165, 1.54) is 11.8 Å². The molecule has 1 aromatic heterocycles. The predicted octanol–water partition coefficient (Wildman–Crippen LogP) is 2.83. The molecular formula is C31H42N6O6S. The Morgan fingerprint density at radius 1 is 1.23 bits per heavy atom. The average molecular weight is 627 g/mol. The van der Waals surface area contributed by atoms with Gasteiger partial charge in [0.1, 0.15) is 45.5 Å². The van der Waals surface area contributed by atoms with Crippen molar-refractivity contribution in [1.29, 1.82) is 5.26 Å². The van der Waals surface area contributed by atoms with Crippen LogP contribution in [0.2, 0.25) is 0 Å². The normalized spacial score (nSPS) is 22.1. The van der Waals surface area contributed by atoms with E-state index in [1.54, 1.807) is 12.3 Å². The highest BCUT2D eigenvalue weighted by Crippen LogP contribution is 2.27. The van der Waals surface area contributed by atoms with Gasteiger partial charge in [0.05, 0.1) is 25.5 Å². The molecule has 3 aromatic rings. The minimum Gasteiger partial charge on any atom is -0.390 e. The van der Waals surface area contributed by atoms with E-state index in [0.717, 1.165) is 22.0 Å². The first-order valence-electron chi connectivity index (χ1n) is 14.3. The van der Waals surface area contributed by atoms with Crippen molar-refractivity contribution in [3.05, 3.63) is 58.8 Å². The van der Waals surface area contributed by atoms with E-state index in [2.05, 4.69) is 27.2 Å². The molecular weight excluding hydrogens is 584 g/mol. The minimum atomic E-state index is -1.79. The van der Waals surface area contributed by atoms with Crippen molar-refractivity contribution in [3.8, 4) is 6.07 Å². The first-order chi connectivity index (χ1) is 20.7. The Kier molecular flexibility index (Phi) is 10.6. The van der Waals surface area contributed by atoms with Crippen molar-refractivity contribution in [2.45, 2.75) is 76.4 Å². The summed E-state index contributed by atoms with van der Waals surface area (Å²) in [4.78, 5) is 2.13. The molecule has 1 aliphatic rings. The number of benzene rings is 2. The van der Waals surface area contributed by atoms with Crippen LogP contribution in [0.3, 0.4) is 0 Å². The smallest absolute Gasteiger partial charge is 0.160 e. The number of nitriles is 1. The van der Waals surface area contributed by atoms with Gasteiger partial charge in [-0.1, -0.05) is 23.4 Å². The second kappa shape index (κ2) is 13.8. The number of ether oxygens (including phenoxy) is 3. The van der Waals surface area contributed by atoms with Gasteiger partial charge < -0.3 is 29.3 Å². The van der Waals surface area contributed by atoms with Gasteiger partial charge in [0.25, 0.3) is 0 Å². The molecule has 0 bridgehead atoms. The lowest BCUT2D eigenvalue weighted by atomic mass is 10.0. The molecule has 3 unspecified atom stereocenters. The van der Waals surface area contributed by atoms with Crippen molar-refractivity contribution in [2.75, 3.05) is 32.7 Å². The number of aliphatic hydroxyl groups is 2. The molecule has 44 heavy (non-hydrogen) atoms. The number of fused-ring (bicyclic) bond motifs is 1. The molecule has 5 atom stereocenters. The fraction of sp³-hybridized carbons (Fsp3) is 0.516. The highest BCUT2D eigenvalue weighted by atomic mass is 32.2. The van der Waals surface area contributed by atoms with Gasteiger partial charge >= 0.3 is 0 Å². The second-order valence-electron chi connectivity index (χ2n) is 12.3. The monoisotopic (exact) mass is 626 g/mol. The van der Waals surface area contributed by atoms with Crippen LogP contribution in [0.25, 0.3) is 16.8 Å². The van der Waals surface area contributed by atoms with E-state index in [1.807, 2.05) is 77.0 Å². The van der Waals surface area contributed by atoms with E-state index in [9.17, 15) is 19.7 Å². The zero-order valence-electron chi connectivity index (χ0n) is 26.2. The highest BCUT2D eigenvalue weighted by molar-refractivity contribution is 7.87. The summed E-state index contributed by atoms with van der Waals surface area (Å²) in [5, 5.41) is 40.8. The Morgan fingerprint density at radius 2 is 1.93 bits per heavy atom. The lowest BCUT2D eigenvalue weighted by molar-refractivity contribution is -0.245. The predicted molar refractivity (Wildman–Crippen MR) is 169 cm³/mol. The van der Waals surface area contributed by atoms with Crippen LogP contribution < -0.4 is 9.62 Å².